The molecule has 1 atom stereocenters. The number of carbonyl (C=O) groups is 2. The van der Waals surface area contributed by atoms with Gasteiger partial charge in [0.2, 0.25) is 5.91 Å². The van der Waals surface area contributed by atoms with E-state index in [0.29, 0.717) is 18.7 Å². The lowest BCUT2D eigenvalue weighted by Crippen LogP contribution is -2.49. The molecule has 3 rings (SSSR count). The molecule has 2 aromatic rings. The zero-order valence-corrected chi connectivity index (χ0v) is 17.5. The lowest BCUT2D eigenvalue weighted by molar-refractivity contribution is -0.130. The SMILES string of the molecule is CSCCC(NC(=O)COc1ccccc1)C(=O)NCC1(c2ccccc2)CC1. The highest BCUT2D eigenvalue weighted by Gasteiger charge is 2.44. The van der Waals surface area contributed by atoms with Gasteiger partial charge < -0.3 is 15.4 Å². The van der Waals surface area contributed by atoms with Crippen LogP contribution in [-0.4, -0.2) is 43.0 Å². The molecule has 5 nitrogen and oxygen atoms in total. The Kier molecular flexibility index (Phi) is 7.58. The zero-order valence-electron chi connectivity index (χ0n) is 16.7. The van der Waals surface area contributed by atoms with E-state index in [4.69, 9.17) is 4.74 Å². The minimum absolute atomic E-state index is 0.0431. The molecule has 2 aromatic carbocycles. The molecule has 0 heterocycles. The van der Waals surface area contributed by atoms with Crippen LogP contribution < -0.4 is 15.4 Å². The first-order valence-electron chi connectivity index (χ1n) is 9.92. The van der Waals surface area contributed by atoms with Crippen LogP contribution >= 0.6 is 11.8 Å². The van der Waals surface area contributed by atoms with Crippen LogP contribution in [0.25, 0.3) is 0 Å². The highest BCUT2D eigenvalue weighted by Crippen LogP contribution is 2.47. The predicted octanol–water partition coefficient (Wildman–Crippen LogP) is 3.15. The first-order chi connectivity index (χ1) is 14.1. The van der Waals surface area contributed by atoms with E-state index in [-0.39, 0.29) is 23.8 Å². The summed E-state index contributed by atoms with van der Waals surface area (Å²) in [7, 11) is 0. The molecule has 0 saturated heterocycles. The summed E-state index contributed by atoms with van der Waals surface area (Å²) in [6.45, 7) is 0.489. The summed E-state index contributed by atoms with van der Waals surface area (Å²) in [6.07, 6.45) is 4.72. The van der Waals surface area contributed by atoms with Crippen molar-refractivity contribution in [1.29, 1.82) is 0 Å². The van der Waals surface area contributed by atoms with E-state index in [9.17, 15) is 9.59 Å². The molecule has 0 spiro atoms. The van der Waals surface area contributed by atoms with Gasteiger partial charge in [0.1, 0.15) is 11.8 Å². The van der Waals surface area contributed by atoms with Gasteiger partial charge >= 0.3 is 0 Å². The van der Waals surface area contributed by atoms with Crippen LogP contribution in [0.2, 0.25) is 0 Å². The third-order valence-corrected chi connectivity index (χ3v) is 5.86. The number of ether oxygens (including phenoxy) is 1. The zero-order chi connectivity index (χ0) is 20.5. The van der Waals surface area contributed by atoms with E-state index < -0.39 is 6.04 Å². The number of para-hydroxylation sites is 1. The molecule has 2 amide bonds. The van der Waals surface area contributed by atoms with Crippen molar-refractivity contribution >= 4 is 23.6 Å². The number of nitrogens with one attached hydrogen (secondary N) is 2. The lowest BCUT2D eigenvalue weighted by Gasteiger charge is -2.21. The van der Waals surface area contributed by atoms with Crippen LogP contribution in [0.4, 0.5) is 0 Å². The highest BCUT2D eigenvalue weighted by atomic mass is 32.2. The molecule has 2 N–H and O–H groups in total. The minimum atomic E-state index is -0.555. The van der Waals surface area contributed by atoms with E-state index in [1.165, 1.54) is 5.56 Å². The number of hydrogen-bond acceptors (Lipinski definition) is 4. The Morgan fingerprint density at radius 2 is 1.72 bits per heavy atom. The first-order valence-corrected chi connectivity index (χ1v) is 11.3. The van der Waals surface area contributed by atoms with Gasteiger partial charge in [0.25, 0.3) is 5.91 Å². The van der Waals surface area contributed by atoms with Crippen molar-refractivity contribution < 1.29 is 14.3 Å². The molecule has 29 heavy (non-hydrogen) atoms. The second-order valence-electron chi connectivity index (χ2n) is 7.37. The number of rotatable bonds is 11. The summed E-state index contributed by atoms with van der Waals surface area (Å²) in [5, 5.41) is 5.90. The van der Waals surface area contributed by atoms with Gasteiger partial charge in [0.15, 0.2) is 6.61 Å². The van der Waals surface area contributed by atoms with Crippen LogP contribution in [-0.2, 0) is 15.0 Å². The summed E-state index contributed by atoms with van der Waals surface area (Å²) in [4.78, 5) is 25.1. The first kappa shape index (κ1) is 21.2. The summed E-state index contributed by atoms with van der Waals surface area (Å²) in [5.41, 5.74) is 1.31. The Bertz CT molecular complexity index is 794. The Labute approximate surface area is 176 Å². The molecule has 1 unspecified atom stereocenters. The van der Waals surface area contributed by atoms with E-state index in [2.05, 4.69) is 22.8 Å². The molecule has 6 heteroatoms. The van der Waals surface area contributed by atoms with Crippen molar-refractivity contribution in [3.05, 3.63) is 66.2 Å². The summed E-state index contributed by atoms with van der Waals surface area (Å²) < 4.78 is 5.49. The summed E-state index contributed by atoms with van der Waals surface area (Å²) >= 11 is 1.65. The molecule has 1 fully saturated rings. The molecule has 0 aromatic heterocycles. The predicted molar refractivity (Wildman–Crippen MR) is 117 cm³/mol. The van der Waals surface area contributed by atoms with Crippen molar-refractivity contribution in [3.63, 3.8) is 0 Å². The third kappa shape index (κ3) is 6.26. The van der Waals surface area contributed by atoms with Gasteiger partial charge in [-0.2, -0.15) is 11.8 Å². The standard InChI is InChI=1S/C23H28N2O3S/c1-29-15-12-20(25-21(26)16-28-19-10-6-3-7-11-19)22(27)24-17-23(13-14-23)18-8-4-2-5-9-18/h2-11,20H,12-17H2,1H3,(H,24,27)(H,25,26). The Balaban J connectivity index is 1.52. The Hall–Kier alpha value is -2.47. The Morgan fingerprint density at radius 3 is 2.34 bits per heavy atom. The van der Waals surface area contributed by atoms with Crippen molar-refractivity contribution in [2.75, 3.05) is 25.2 Å². The van der Waals surface area contributed by atoms with Crippen LogP contribution in [0, 0.1) is 0 Å². The number of thioether (sulfide) groups is 1. The van der Waals surface area contributed by atoms with E-state index in [0.717, 1.165) is 18.6 Å². The molecule has 1 saturated carbocycles. The highest BCUT2D eigenvalue weighted by molar-refractivity contribution is 7.98. The monoisotopic (exact) mass is 412 g/mol. The maximum atomic E-state index is 12.8. The molecule has 1 aliphatic rings. The third-order valence-electron chi connectivity index (χ3n) is 5.22. The van der Waals surface area contributed by atoms with Gasteiger partial charge in [-0.1, -0.05) is 48.5 Å². The summed E-state index contributed by atoms with van der Waals surface area (Å²) in [5.74, 6) is 1.00. The maximum Gasteiger partial charge on any atom is 0.258 e. The largest absolute Gasteiger partial charge is 0.484 e. The maximum absolute atomic E-state index is 12.8. The van der Waals surface area contributed by atoms with E-state index in [1.807, 2.05) is 42.7 Å². The van der Waals surface area contributed by atoms with Crippen molar-refractivity contribution in [2.24, 2.45) is 0 Å². The van der Waals surface area contributed by atoms with E-state index in [1.54, 1.807) is 23.9 Å². The Morgan fingerprint density at radius 1 is 1.07 bits per heavy atom. The molecule has 1 aliphatic carbocycles. The van der Waals surface area contributed by atoms with Crippen molar-refractivity contribution in [1.82, 2.24) is 10.6 Å². The van der Waals surface area contributed by atoms with Crippen LogP contribution in [0.15, 0.2) is 60.7 Å². The normalized spacial score (nSPS) is 15.2. The number of benzene rings is 2. The fourth-order valence-electron chi connectivity index (χ4n) is 3.30. The average Bonchev–Trinajstić information content (AvgIpc) is 3.56. The quantitative estimate of drug-likeness (QED) is 0.595. The van der Waals surface area contributed by atoms with Gasteiger partial charge in [-0.25, -0.2) is 0 Å². The smallest absolute Gasteiger partial charge is 0.258 e. The molecule has 154 valence electrons. The fraction of sp³-hybridized carbons (Fsp3) is 0.391. The van der Waals surface area contributed by atoms with Gasteiger partial charge in [0.05, 0.1) is 0 Å². The van der Waals surface area contributed by atoms with Crippen molar-refractivity contribution in [3.8, 4) is 5.75 Å². The topological polar surface area (TPSA) is 67.4 Å². The fourth-order valence-corrected chi connectivity index (χ4v) is 3.77. The van der Waals surface area contributed by atoms with Crippen LogP contribution in [0.3, 0.4) is 0 Å². The molecular formula is C23H28N2O3S. The minimum Gasteiger partial charge on any atom is -0.484 e. The lowest BCUT2D eigenvalue weighted by atomic mass is 9.96. The summed E-state index contributed by atoms with van der Waals surface area (Å²) in [6, 6.07) is 18.9. The molecule has 0 bridgehead atoms. The van der Waals surface area contributed by atoms with Crippen molar-refractivity contribution in [2.45, 2.75) is 30.7 Å². The van der Waals surface area contributed by atoms with Gasteiger partial charge in [-0.05, 0) is 49.0 Å². The van der Waals surface area contributed by atoms with Gasteiger partial charge in [0, 0.05) is 12.0 Å². The second kappa shape index (κ2) is 10.3. The molecular weight excluding hydrogens is 384 g/mol. The molecule has 0 aliphatic heterocycles. The van der Waals surface area contributed by atoms with Gasteiger partial charge in [-0.3, -0.25) is 9.59 Å². The van der Waals surface area contributed by atoms with E-state index >= 15 is 0 Å². The molecule has 0 radical (unpaired) electrons. The van der Waals surface area contributed by atoms with Crippen LogP contribution in [0.5, 0.6) is 5.75 Å². The number of carbonyl (C=O) groups excluding carboxylic acids is 2. The second-order valence-corrected chi connectivity index (χ2v) is 8.35. The number of hydrogen-bond donors (Lipinski definition) is 2. The average molecular weight is 413 g/mol. The van der Waals surface area contributed by atoms with Gasteiger partial charge in [-0.15, -0.1) is 0 Å². The number of amides is 2. The van der Waals surface area contributed by atoms with Crippen LogP contribution in [0.1, 0.15) is 24.8 Å².